The van der Waals surface area contributed by atoms with E-state index in [0.717, 1.165) is 20.8 Å². The Morgan fingerprint density at radius 1 is 1.11 bits per heavy atom. The van der Waals surface area contributed by atoms with Crippen LogP contribution in [0.15, 0.2) is 28.7 Å². The van der Waals surface area contributed by atoms with Crippen LogP contribution in [0.2, 0.25) is 0 Å². The number of esters is 2. The van der Waals surface area contributed by atoms with Gasteiger partial charge in [-0.05, 0) is 39.5 Å². The lowest BCUT2D eigenvalue weighted by molar-refractivity contribution is -0.137. The van der Waals surface area contributed by atoms with E-state index in [4.69, 9.17) is 15.2 Å². The fourth-order valence-corrected chi connectivity index (χ4v) is 3.71. The molecular weight excluding hydrogens is 446 g/mol. The number of hydrogen-bond acceptors (Lipinski definition) is 7. The Hall–Kier alpha value is -2.06. The second-order valence-electron chi connectivity index (χ2n) is 6.15. The van der Waals surface area contributed by atoms with Crippen LogP contribution in [0.25, 0.3) is 10.4 Å². The molecule has 0 bridgehead atoms. The van der Waals surface area contributed by atoms with Crippen LogP contribution in [0.5, 0.6) is 5.75 Å². The maximum absolute atomic E-state index is 11.7. The second kappa shape index (κ2) is 13.2. The average Bonchev–Trinajstić information content (AvgIpc) is 2.97. The van der Waals surface area contributed by atoms with Gasteiger partial charge in [0.1, 0.15) is 0 Å². The molecule has 1 aromatic heterocycles. The second-order valence-corrected chi connectivity index (χ2v) is 7.97. The van der Waals surface area contributed by atoms with Crippen LogP contribution in [0, 0.1) is 5.92 Å². The van der Waals surface area contributed by atoms with Crippen LogP contribution in [-0.4, -0.2) is 33.3 Å². The number of thiophene rings is 1. The van der Waals surface area contributed by atoms with E-state index in [9.17, 15) is 9.59 Å². The van der Waals surface area contributed by atoms with Crippen molar-refractivity contribution >= 4 is 44.9 Å². The number of nitrogen functional groups attached to an aromatic ring is 1. The van der Waals surface area contributed by atoms with Crippen molar-refractivity contribution in [1.29, 1.82) is 0 Å². The number of anilines is 1. The first-order chi connectivity index (χ1) is 13.1. The van der Waals surface area contributed by atoms with E-state index in [1.807, 2.05) is 24.3 Å². The first-order valence-electron chi connectivity index (χ1n) is 8.43. The minimum atomic E-state index is -0.419. The average molecular weight is 474 g/mol. The van der Waals surface area contributed by atoms with Gasteiger partial charge in [0.05, 0.1) is 30.7 Å². The molecule has 0 spiro atoms. The van der Waals surface area contributed by atoms with E-state index in [1.54, 1.807) is 0 Å². The highest BCUT2D eigenvalue weighted by Gasteiger charge is 2.23. The monoisotopic (exact) mass is 473 g/mol. The van der Waals surface area contributed by atoms with Crippen molar-refractivity contribution in [2.75, 3.05) is 27.1 Å². The minimum Gasteiger partial charge on any atom is -0.494 e. The number of ether oxygens (including phenoxy) is 3. The van der Waals surface area contributed by atoms with E-state index < -0.39 is 5.97 Å². The predicted molar refractivity (Wildman–Crippen MR) is 118 cm³/mol. The molecular formula is C20H28BrNO5S. The number of benzene rings is 1. The topological polar surface area (TPSA) is 87.8 Å². The molecule has 0 saturated heterocycles. The summed E-state index contributed by atoms with van der Waals surface area (Å²) >= 11 is 4.76. The first-order valence-corrected chi connectivity index (χ1v) is 10.0. The third-order valence-electron chi connectivity index (χ3n) is 2.82. The first kappa shape index (κ1) is 25.9. The summed E-state index contributed by atoms with van der Waals surface area (Å²) in [6.07, 6.45) is 0. The summed E-state index contributed by atoms with van der Waals surface area (Å²) in [6, 6.07) is 7.44. The number of nitrogens with two attached hydrogens (primary N) is 1. The van der Waals surface area contributed by atoms with Crippen molar-refractivity contribution < 1.29 is 23.8 Å². The quantitative estimate of drug-likeness (QED) is 0.474. The van der Waals surface area contributed by atoms with Crippen molar-refractivity contribution in [3.63, 3.8) is 0 Å². The van der Waals surface area contributed by atoms with E-state index >= 15 is 0 Å². The minimum absolute atomic E-state index is 0.245. The Labute approximate surface area is 179 Å². The highest BCUT2D eigenvalue weighted by atomic mass is 79.9. The summed E-state index contributed by atoms with van der Waals surface area (Å²) in [4.78, 5) is 22.6. The van der Waals surface area contributed by atoms with Crippen LogP contribution in [0.4, 0.5) is 5.69 Å². The highest BCUT2D eigenvalue weighted by molar-refractivity contribution is 9.10. The Morgan fingerprint density at radius 3 is 2.04 bits per heavy atom. The molecule has 8 heteroatoms. The van der Waals surface area contributed by atoms with Crippen molar-refractivity contribution in [2.45, 2.75) is 27.7 Å². The van der Waals surface area contributed by atoms with Crippen LogP contribution < -0.4 is 10.5 Å². The van der Waals surface area contributed by atoms with Crippen LogP contribution in [0.3, 0.4) is 0 Å². The van der Waals surface area contributed by atoms with Gasteiger partial charge < -0.3 is 19.9 Å². The van der Waals surface area contributed by atoms with E-state index in [2.05, 4.69) is 41.4 Å². The molecule has 6 nitrogen and oxygen atoms in total. The largest absolute Gasteiger partial charge is 0.494 e. The van der Waals surface area contributed by atoms with Gasteiger partial charge in [-0.25, -0.2) is 4.79 Å². The maximum atomic E-state index is 11.7. The summed E-state index contributed by atoms with van der Waals surface area (Å²) in [5, 5.41) is 0. The fraction of sp³-hybridized carbons (Fsp3) is 0.400. The van der Waals surface area contributed by atoms with Crippen molar-refractivity contribution in [1.82, 2.24) is 0 Å². The van der Waals surface area contributed by atoms with Gasteiger partial charge in [0, 0.05) is 12.6 Å². The Morgan fingerprint density at radius 2 is 1.64 bits per heavy atom. The summed E-state index contributed by atoms with van der Waals surface area (Å²) in [5.74, 6) is 0.650. The van der Waals surface area contributed by atoms with Crippen LogP contribution in [-0.2, 0) is 14.3 Å². The fourth-order valence-electron chi connectivity index (χ4n) is 1.67. The smallest absolute Gasteiger partial charge is 0.351 e. The van der Waals surface area contributed by atoms with E-state index in [-0.39, 0.29) is 5.97 Å². The summed E-state index contributed by atoms with van der Waals surface area (Å²) in [7, 11) is 4.21. The number of carbonyl (C=O) groups excluding carboxylic acids is 2. The number of rotatable bonds is 3. The Balaban J connectivity index is 0.000000681. The van der Waals surface area contributed by atoms with Crippen LogP contribution >= 0.6 is 27.3 Å². The molecule has 0 unspecified atom stereocenters. The molecule has 2 N–H and O–H groups in total. The third-order valence-corrected chi connectivity index (χ3v) is 5.04. The lowest BCUT2D eigenvalue weighted by atomic mass is 10.1. The van der Waals surface area contributed by atoms with Crippen LogP contribution in [0.1, 0.15) is 37.4 Å². The number of halogens is 1. The van der Waals surface area contributed by atoms with Gasteiger partial charge in [0.15, 0.2) is 10.6 Å². The predicted octanol–water partition coefficient (Wildman–Crippen LogP) is 5.40. The molecule has 2 rings (SSSR count). The number of hydrogen-bond donors (Lipinski definition) is 1. The normalized spacial score (nSPS) is 9.46. The van der Waals surface area contributed by atoms with Gasteiger partial charge >= 0.3 is 11.9 Å². The van der Waals surface area contributed by atoms with Crippen molar-refractivity contribution in [2.24, 2.45) is 5.92 Å². The van der Waals surface area contributed by atoms with Gasteiger partial charge in [0.25, 0.3) is 0 Å². The zero-order valence-electron chi connectivity index (χ0n) is 17.3. The van der Waals surface area contributed by atoms with E-state index in [1.165, 1.54) is 39.6 Å². The van der Waals surface area contributed by atoms with Crippen molar-refractivity contribution in [3.8, 4) is 16.2 Å². The Kier molecular flexibility index (Phi) is 12.2. The van der Waals surface area contributed by atoms with E-state index in [0.29, 0.717) is 16.3 Å². The van der Waals surface area contributed by atoms with Gasteiger partial charge in [-0.1, -0.05) is 32.9 Å². The molecule has 0 saturated carbocycles. The maximum Gasteiger partial charge on any atom is 0.351 e. The zero-order valence-corrected chi connectivity index (χ0v) is 19.7. The SMILES string of the molecule is CC(C)C.COC(=O)c1sc(-c2cccc(N)c2)c(Br)c1OC.COC(C)=O. The lowest BCUT2D eigenvalue weighted by Crippen LogP contribution is -2.00. The molecule has 1 aromatic carbocycles. The standard InChI is InChI=1S/C13H12BrNO3S.C4H10.C3H6O2/c1-17-10-9(14)11(19-12(10)13(16)18-2)7-4-3-5-8(15)6-7;1-4(2)3;1-3(4)5-2/h3-6H,15H2,1-2H3;4H,1-3H3;1-2H3. The zero-order chi connectivity index (χ0) is 21.9. The van der Waals surface area contributed by atoms with Gasteiger partial charge in [-0.2, -0.15) is 0 Å². The summed E-state index contributed by atoms with van der Waals surface area (Å²) in [6.45, 7) is 7.86. The highest BCUT2D eigenvalue weighted by Crippen LogP contribution is 2.45. The summed E-state index contributed by atoms with van der Waals surface area (Å²) < 4.78 is 14.9. The molecule has 0 aliphatic rings. The molecule has 156 valence electrons. The molecule has 0 radical (unpaired) electrons. The van der Waals surface area contributed by atoms with Gasteiger partial charge in [0.2, 0.25) is 0 Å². The molecule has 0 atom stereocenters. The lowest BCUT2D eigenvalue weighted by Gasteiger charge is -2.01. The third kappa shape index (κ3) is 8.75. The molecule has 0 amide bonds. The molecule has 0 fully saturated rings. The molecule has 2 aromatic rings. The molecule has 0 aliphatic heterocycles. The number of methoxy groups -OCH3 is 3. The molecule has 1 heterocycles. The van der Waals surface area contributed by atoms with Crippen molar-refractivity contribution in [3.05, 3.63) is 33.6 Å². The summed E-state index contributed by atoms with van der Waals surface area (Å²) in [5.41, 5.74) is 7.36. The Bertz CT molecular complexity index is 771. The van der Waals surface area contributed by atoms with Gasteiger partial charge in [-0.15, -0.1) is 11.3 Å². The van der Waals surface area contributed by atoms with Gasteiger partial charge in [-0.3, -0.25) is 4.79 Å². The molecule has 28 heavy (non-hydrogen) atoms. The molecule has 0 aliphatic carbocycles. The number of carbonyl (C=O) groups is 2.